The van der Waals surface area contributed by atoms with E-state index in [1.807, 2.05) is 24.4 Å². The third kappa shape index (κ3) is 2.47. The highest BCUT2D eigenvalue weighted by Crippen LogP contribution is 2.34. The van der Waals surface area contributed by atoms with Crippen molar-refractivity contribution >= 4 is 17.3 Å². The van der Waals surface area contributed by atoms with Crippen LogP contribution in [0.25, 0.3) is 10.4 Å². The summed E-state index contributed by atoms with van der Waals surface area (Å²) in [6, 6.07) is 8.81. The number of ether oxygens (including phenoxy) is 1. The first kappa shape index (κ1) is 11.7. The molecule has 0 radical (unpaired) electrons. The van der Waals surface area contributed by atoms with Gasteiger partial charge in [-0.05, 0) is 36.6 Å². The quantitative estimate of drug-likeness (QED) is 0.900. The van der Waals surface area contributed by atoms with E-state index in [0.29, 0.717) is 6.61 Å². The second-order valence-corrected chi connectivity index (χ2v) is 4.37. The van der Waals surface area contributed by atoms with Crippen LogP contribution >= 0.6 is 11.3 Å². The minimum atomic E-state index is -0.925. The molecule has 0 bridgehead atoms. The number of benzene rings is 1. The average Bonchev–Trinajstić information content (AvgIpc) is 2.83. The Morgan fingerprint density at radius 3 is 2.82 bits per heavy atom. The molecule has 0 aliphatic heterocycles. The van der Waals surface area contributed by atoms with E-state index in [-0.39, 0.29) is 5.56 Å². The summed E-state index contributed by atoms with van der Waals surface area (Å²) in [5.41, 5.74) is 1.11. The second kappa shape index (κ2) is 5.01. The van der Waals surface area contributed by atoms with Crippen molar-refractivity contribution in [2.45, 2.75) is 6.92 Å². The molecule has 2 aromatic rings. The molecule has 0 saturated heterocycles. The molecule has 1 aromatic carbocycles. The third-order valence-electron chi connectivity index (χ3n) is 2.31. The zero-order chi connectivity index (χ0) is 12.3. The monoisotopic (exact) mass is 248 g/mol. The summed E-state index contributed by atoms with van der Waals surface area (Å²) in [6.07, 6.45) is 0. The fraction of sp³-hybridized carbons (Fsp3) is 0.154. The predicted octanol–water partition coefficient (Wildman–Crippen LogP) is 3.51. The van der Waals surface area contributed by atoms with Crippen LogP contribution in [0.1, 0.15) is 17.3 Å². The van der Waals surface area contributed by atoms with Crippen molar-refractivity contribution in [1.82, 2.24) is 0 Å². The lowest BCUT2D eigenvalue weighted by Gasteiger charge is -2.09. The van der Waals surface area contributed by atoms with Crippen LogP contribution in [0.2, 0.25) is 0 Å². The van der Waals surface area contributed by atoms with Gasteiger partial charge in [0.05, 0.1) is 12.2 Å². The van der Waals surface area contributed by atoms with E-state index in [1.165, 1.54) is 0 Å². The Bertz CT molecular complexity index is 517. The maximum atomic E-state index is 11.0. The molecule has 2 rings (SSSR count). The van der Waals surface area contributed by atoms with Crippen LogP contribution in [-0.2, 0) is 0 Å². The topological polar surface area (TPSA) is 46.5 Å². The number of rotatable bonds is 4. The second-order valence-electron chi connectivity index (χ2n) is 3.43. The standard InChI is InChI=1S/C13H12O3S/c1-2-16-11-6-5-9(13(14)15)8-10(11)12-4-3-7-17-12/h3-8H,2H2,1H3,(H,14,15). The van der Waals surface area contributed by atoms with E-state index in [1.54, 1.807) is 29.5 Å². The van der Waals surface area contributed by atoms with E-state index < -0.39 is 5.97 Å². The van der Waals surface area contributed by atoms with Crippen molar-refractivity contribution in [3.63, 3.8) is 0 Å². The lowest BCUT2D eigenvalue weighted by Crippen LogP contribution is -1.99. The average molecular weight is 248 g/mol. The summed E-state index contributed by atoms with van der Waals surface area (Å²) in [4.78, 5) is 12.0. The number of aromatic carboxylic acids is 1. The number of carboxylic acids is 1. The molecule has 0 saturated carbocycles. The van der Waals surface area contributed by atoms with Gasteiger partial charge in [0.25, 0.3) is 0 Å². The van der Waals surface area contributed by atoms with Gasteiger partial charge >= 0.3 is 5.97 Å². The molecule has 1 N–H and O–H groups in total. The van der Waals surface area contributed by atoms with Crippen LogP contribution in [0.4, 0.5) is 0 Å². The van der Waals surface area contributed by atoms with Crippen molar-refractivity contribution in [3.8, 4) is 16.2 Å². The van der Waals surface area contributed by atoms with Gasteiger partial charge in [0.1, 0.15) is 5.75 Å². The fourth-order valence-corrected chi connectivity index (χ4v) is 2.32. The molecule has 88 valence electrons. The lowest BCUT2D eigenvalue weighted by atomic mass is 10.1. The van der Waals surface area contributed by atoms with Crippen LogP contribution < -0.4 is 4.74 Å². The zero-order valence-corrected chi connectivity index (χ0v) is 10.2. The molecule has 0 unspecified atom stereocenters. The smallest absolute Gasteiger partial charge is 0.335 e. The molecular weight excluding hydrogens is 236 g/mol. The van der Waals surface area contributed by atoms with Crippen LogP contribution in [0.3, 0.4) is 0 Å². The van der Waals surface area contributed by atoms with Crippen molar-refractivity contribution in [1.29, 1.82) is 0 Å². The molecule has 0 aliphatic carbocycles. The Labute approximate surface area is 103 Å². The maximum absolute atomic E-state index is 11.0. The van der Waals surface area contributed by atoms with E-state index in [9.17, 15) is 4.79 Å². The van der Waals surface area contributed by atoms with Crippen LogP contribution in [0.15, 0.2) is 35.7 Å². The van der Waals surface area contributed by atoms with Crippen LogP contribution in [0.5, 0.6) is 5.75 Å². The van der Waals surface area contributed by atoms with Gasteiger partial charge in [-0.15, -0.1) is 11.3 Å². The Balaban J connectivity index is 2.51. The number of thiophene rings is 1. The molecule has 0 aliphatic rings. The lowest BCUT2D eigenvalue weighted by molar-refractivity contribution is 0.0697. The van der Waals surface area contributed by atoms with Crippen LogP contribution in [-0.4, -0.2) is 17.7 Å². The summed E-state index contributed by atoms with van der Waals surface area (Å²) < 4.78 is 5.51. The van der Waals surface area contributed by atoms with E-state index in [4.69, 9.17) is 9.84 Å². The summed E-state index contributed by atoms with van der Waals surface area (Å²) >= 11 is 1.56. The molecule has 0 amide bonds. The van der Waals surface area contributed by atoms with Crippen molar-refractivity contribution in [3.05, 3.63) is 41.3 Å². The summed E-state index contributed by atoms with van der Waals surface area (Å²) in [5, 5.41) is 10.9. The SMILES string of the molecule is CCOc1ccc(C(=O)O)cc1-c1cccs1. The zero-order valence-electron chi connectivity index (χ0n) is 9.34. The Hall–Kier alpha value is -1.81. The van der Waals surface area contributed by atoms with Gasteiger partial charge in [0.2, 0.25) is 0 Å². The summed E-state index contributed by atoms with van der Waals surface area (Å²) in [7, 11) is 0. The van der Waals surface area contributed by atoms with E-state index in [0.717, 1.165) is 16.2 Å². The molecular formula is C13H12O3S. The number of carboxylic acid groups (broad SMARTS) is 1. The van der Waals surface area contributed by atoms with Crippen molar-refractivity contribution in [2.75, 3.05) is 6.61 Å². The minimum Gasteiger partial charge on any atom is -0.493 e. The molecule has 0 atom stereocenters. The van der Waals surface area contributed by atoms with Gasteiger partial charge in [-0.3, -0.25) is 0 Å². The van der Waals surface area contributed by atoms with Crippen molar-refractivity contribution < 1.29 is 14.6 Å². The van der Waals surface area contributed by atoms with Gasteiger partial charge < -0.3 is 9.84 Å². The highest BCUT2D eigenvalue weighted by Gasteiger charge is 2.11. The number of carbonyl (C=O) groups is 1. The summed E-state index contributed by atoms with van der Waals surface area (Å²) in [6.45, 7) is 2.47. The van der Waals surface area contributed by atoms with E-state index in [2.05, 4.69) is 0 Å². The number of hydrogen-bond acceptors (Lipinski definition) is 3. The van der Waals surface area contributed by atoms with Gasteiger partial charge in [-0.1, -0.05) is 6.07 Å². The molecule has 1 aromatic heterocycles. The summed E-state index contributed by atoms with van der Waals surface area (Å²) in [5.74, 6) is -0.203. The van der Waals surface area contributed by atoms with Crippen LogP contribution in [0, 0.1) is 0 Å². The maximum Gasteiger partial charge on any atom is 0.335 e. The van der Waals surface area contributed by atoms with Gasteiger partial charge in [0, 0.05) is 10.4 Å². The highest BCUT2D eigenvalue weighted by atomic mass is 32.1. The first-order chi connectivity index (χ1) is 8.22. The first-order valence-corrected chi connectivity index (χ1v) is 6.14. The minimum absolute atomic E-state index is 0.275. The fourth-order valence-electron chi connectivity index (χ4n) is 1.57. The van der Waals surface area contributed by atoms with E-state index >= 15 is 0 Å². The van der Waals surface area contributed by atoms with Gasteiger partial charge in [-0.25, -0.2) is 4.79 Å². The first-order valence-electron chi connectivity index (χ1n) is 5.26. The Morgan fingerprint density at radius 1 is 1.41 bits per heavy atom. The molecule has 0 spiro atoms. The van der Waals surface area contributed by atoms with Gasteiger partial charge in [-0.2, -0.15) is 0 Å². The Kier molecular flexibility index (Phi) is 3.44. The largest absolute Gasteiger partial charge is 0.493 e. The highest BCUT2D eigenvalue weighted by molar-refractivity contribution is 7.13. The molecule has 3 nitrogen and oxygen atoms in total. The van der Waals surface area contributed by atoms with Crippen molar-refractivity contribution in [2.24, 2.45) is 0 Å². The Morgan fingerprint density at radius 2 is 2.24 bits per heavy atom. The van der Waals surface area contributed by atoms with Gasteiger partial charge in [0.15, 0.2) is 0 Å². The number of hydrogen-bond donors (Lipinski definition) is 1. The predicted molar refractivity (Wildman–Crippen MR) is 67.9 cm³/mol. The third-order valence-corrected chi connectivity index (χ3v) is 3.22. The normalized spacial score (nSPS) is 10.2. The molecule has 17 heavy (non-hydrogen) atoms. The molecule has 1 heterocycles. The molecule has 0 fully saturated rings. The molecule has 4 heteroatoms.